The average Bonchev–Trinajstić information content (AvgIpc) is 3.51. The maximum absolute atomic E-state index is 5.96. The Bertz CT molecular complexity index is 1080. The van der Waals surface area contributed by atoms with Gasteiger partial charge in [-0.1, -0.05) is 35.7 Å². The molecule has 1 unspecified atom stereocenters. The number of rotatable bonds is 3. The highest BCUT2D eigenvalue weighted by Crippen LogP contribution is 2.24. The summed E-state index contributed by atoms with van der Waals surface area (Å²) in [5.41, 5.74) is 3.79. The van der Waals surface area contributed by atoms with Crippen molar-refractivity contribution < 1.29 is 0 Å². The maximum atomic E-state index is 5.96. The van der Waals surface area contributed by atoms with Crippen molar-refractivity contribution in [2.75, 3.05) is 31.1 Å². The summed E-state index contributed by atoms with van der Waals surface area (Å²) in [4.78, 5) is 14.2. The number of halogens is 1. The van der Waals surface area contributed by atoms with Gasteiger partial charge in [-0.25, -0.2) is 9.97 Å². The quantitative estimate of drug-likeness (QED) is 0.557. The number of benzene rings is 1. The number of anilines is 1. The van der Waals surface area contributed by atoms with Crippen molar-refractivity contribution in [3.8, 4) is 23.0 Å². The zero-order valence-corrected chi connectivity index (χ0v) is 18.2. The largest absolute Gasteiger partial charge is 0.355 e. The Morgan fingerprint density at radius 1 is 0.806 bits per heavy atom. The van der Waals surface area contributed by atoms with E-state index in [2.05, 4.69) is 43.7 Å². The van der Waals surface area contributed by atoms with Crippen LogP contribution in [0.1, 0.15) is 30.5 Å². The van der Waals surface area contributed by atoms with Crippen LogP contribution < -0.4 is 4.90 Å². The van der Waals surface area contributed by atoms with Crippen LogP contribution >= 0.6 is 11.6 Å². The Morgan fingerprint density at radius 3 is 2.32 bits per heavy atom. The van der Waals surface area contributed by atoms with Crippen LogP contribution in [-0.2, 0) is 0 Å². The van der Waals surface area contributed by atoms with E-state index in [0.29, 0.717) is 6.04 Å². The third-order valence-electron chi connectivity index (χ3n) is 6.17. The molecular formula is C26H25ClN4. The summed E-state index contributed by atoms with van der Waals surface area (Å²) in [7, 11) is 0. The molecule has 1 aromatic carbocycles. The monoisotopic (exact) mass is 428 g/mol. The lowest BCUT2D eigenvalue weighted by atomic mass is 10.1. The van der Waals surface area contributed by atoms with Gasteiger partial charge in [-0.15, -0.1) is 0 Å². The molecule has 4 nitrogen and oxygen atoms in total. The van der Waals surface area contributed by atoms with Gasteiger partial charge in [-0.2, -0.15) is 0 Å². The molecule has 0 aliphatic carbocycles. The minimum absolute atomic E-state index is 0.686. The standard InChI is InChI=1S/C26H25ClN4/c27-23-8-5-21(6-9-23)22-7-11-24(28-18-22)10-3-20-4-12-26(29-17-20)31-16-13-25(19-31)30-14-1-2-15-30/h4-9,11-12,17-18,25H,1-2,13-16,19H2. The Kier molecular flexibility index (Phi) is 5.88. The zero-order chi connectivity index (χ0) is 21.0. The van der Waals surface area contributed by atoms with Gasteiger partial charge < -0.3 is 4.90 Å². The minimum atomic E-state index is 0.686. The van der Waals surface area contributed by atoms with E-state index < -0.39 is 0 Å². The van der Waals surface area contributed by atoms with Crippen LogP contribution in [0, 0.1) is 11.8 Å². The molecule has 5 rings (SSSR count). The van der Waals surface area contributed by atoms with Crippen molar-refractivity contribution in [1.82, 2.24) is 14.9 Å². The molecule has 2 saturated heterocycles. The summed E-state index contributed by atoms with van der Waals surface area (Å²) < 4.78 is 0. The lowest BCUT2D eigenvalue weighted by molar-refractivity contribution is 0.260. The number of aromatic nitrogens is 2. The molecule has 0 amide bonds. The molecule has 2 aliphatic heterocycles. The average molecular weight is 429 g/mol. The number of nitrogens with zero attached hydrogens (tertiary/aromatic N) is 4. The Balaban J connectivity index is 1.22. The van der Waals surface area contributed by atoms with Crippen molar-refractivity contribution in [2.45, 2.75) is 25.3 Å². The van der Waals surface area contributed by atoms with Gasteiger partial charge in [0, 0.05) is 47.7 Å². The van der Waals surface area contributed by atoms with Crippen molar-refractivity contribution in [3.05, 3.63) is 77.2 Å². The fourth-order valence-electron chi connectivity index (χ4n) is 4.42. The van der Waals surface area contributed by atoms with Crippen LogP contribution in [0.5, 0.6) is 0 Å². The molecule has 2 aromatic heterocycles. The second-order valence-corrected chi connectivity index (χ2v) is 8.66. The Labute approximate surface area is 188 Å². The molecule has 3 aromatic rings. The normalized spacial score (nSPS) is 18.7. The molecule has 4 heterocycles. The topological polar surface area (TPSA) is 32.3 Å². The second-order valence-electron chi connectivity index (χ2n) is 8.23. The number of pyridine rings is 2. The summed E-state index contributed by atoms with van der Waals surface area (Å²) in [6, 6.07) is 16.6. The van der Waals surface area contributed by atoms with Gasteiger partial charge >= 0.3 is 0 Å². The number of hydrogen-bond donors (Lipinski definition) is 0. The molecule has 0 saturated carbocycles. The third-order valence-corrected chi connectivity index (χ3v) is 6.42. The van der Waals surface area contributed by atoms with Gasteiger partial charge in [0.05, 0.1) is 0 Å². The molecule has 1 atom stereocenters. The molecular weight excluding hydrogens is 404 g/mol. The van der Waals surface area contributed by atoms with Crippen LogP contribution in [0.4, 0.5) is 5.82 Å². The predicted molar refractivity (Wildman–Crippen MR) is 126 cm³/mol. The number of likely N-dealkylation sites (tertiary alicyclic amines) is 1. The molecule has 2 aliphatic rings. The summed E-state index contributed by atoms with van der Waals surface area (Å²) in [6.07, 6.45) is 7.65. The van der Waals surface area contributed by atoms with E-state index >= 15 is 0 Å². The third kappa shape index (κ3) is 4.74. The fourth-order valence-corrected chi connectivity index (χ4v) is 4.54. The van der Waals surface area contributed by atoms with E-state index in [4.69, 9.17) is 11.6 Å². The minimum Gasteiger partial charge on any atom is -0.355 e. The van der Waals surface area contributed by atoms with Gasteiger partial charge in [0.2, 0.25) is 0 Å². The first-order valence-electron chi connectivity index (χ1n) is 10.9. The summed E-state index contributed by atoms with van der Waals surface area (Å²) in [5, 5.41) is 0.731. The smallest absolute Gasteiger partial charge is 0.128 e. The Morgan fingerprint density at radius 2 is 1.61 bits per heavy atom. The molecule has 0 radical (unpaired) electrons. The van der Waals surface area contributed by atoms with Crippen molar-refractivity contribution in [2.24, 2.45) is 0 Å². The molecule has 156 valence electrons. The first kappa shape index (κ1) is 20.1. The maximum Gasteiger partial charge on any atom is 0.128 e. The summed E-state index contributed by atoms with van der Waals surface area (Å²) in [5.74, 6) is 7.37. The number of hydrogen-bond acceptors (Lipinski definition) is 4. The molecule has 0 N–H and O–H groups in total. The Hall–Kier alpha value is -2.87. The zero-order valence-electron chi connectivity index (χ0n) is 17.5. The van der Waals surface area contributed by atoms with Gasteiger partial charge in [0.15, 0.2) is 0 Å². The van der Waals surface area contributed by atoms with E-state index in [1.165, 1.54) is 32.4 Å². The van der Waals surface area contributed by atoms with Gasteiger partial charge in [-0.05, 0) is 74.2 Å². The molecule has 5 heteroatoms. The second kappa shape index (κ2) is 9.09. The van der Waals surface area contributed by atoms with Crippen LogP contribution in [0.2, 0.25) is 5.02 Å². The highest BCUT2D eigenvalue weighted by Gasteiger charge is 2.29. The van der Waals surface area contributed by atoms with E-state index in [1.807, 2.05) is 48.8 Å². The van der Waals surface area contributed by atoms with E-state index in [9.17, 15) is 0 Å². The summed E-state index contributed by atoms with van der Waals surface area (Å²) >= 11 is 5.96. The van der Waals surface area contributed by atoms with E-state index in [0.717, 1.165) is 46.3 Å². The van der Waals surface area contributed by atoms with Gasteiger partial charge in [0.1, 0.15) is 11.5 Å². The lowest BCUT2D eigenvalue weighted by Crippen LogP contribution is -2.35. The molecule has 2 fully saturated rings. The van der Waals surface area contributed by atoms with Gasteiger partial charge in [0.25, 0.3) is 0 Å². The van der Waals surface area contributed by atoms with Crippen molar-refractivity contribution >= 4 is 17.4 Å². The molecule has 31 heavy (non-hydrogen) atoms. The van der Waals surface area contributed by atoms with Crippen LogP contribution in [-0.4, -0.2) is 47.1 Å². The van der Waals surface area contributed by atoms with Crippen LogP contribution in [0.3, 0.4) is 0 Å². The predicted octanol–water partition coefficient (Wildman–Crippen LogP) is 4.87. The molecule has 0 bridgehead atoms. The lowest BCUT2D eigenvalue weighted by Gasteiger charge is -2.24. The summed E-state index contributed by atoms with van der Waals surface area (Å²) in [6.45, 7) is 4.69. The van der Waals surface area contributed by atoms with Crippen LogP contribution in [0.25, 0.3) is 11.1 Å². The van der Waals surface area contributed by atoms with Crippen LogP contribution in [0.15, 0.2) is 60.9 Å². The first-order chi connectivity index (χ1) is 15.2. The first-order valence-corrected chi connectivity index (χ1v) is 11.3. The van der Waals surface area contributed by atoms with E-state index in [1.54, 1.807) is 0 Å². The SMILES string of the molecule is Clc1ccc(-c2ccc(C#Cc3ccc(N4CCC(N5CCCC5)C4)nc3)nc2)cc1. The van der Waals surface area contributed by atoms with Gasteiger partial charge in [-0.3, -0.25) is 4.90 Å². The fraction of sp³-hybridized carbons (Fsp3) is 0.308. The highest BCUT2D eigenvalue weighted by atomic mass is 35.5. The highest BCUT2D eigenvalue weighted by molar-refractivity contribution is 6.30. The molecule has 0 spiro atoms. The van der Waals surface area contributed by atoms with E-state index in [-0.39, 0.29) is 0 Å². The van der Waals surface area contributed by atoms with Crippen molar-refractivity contribution in [3.63, 3.8) is 0 Å². The van der Waals surface area contributed by atoms with Crippen molar-refractivity contribution in [1.29, 1.82) is 0 Å².